The van der Waals surface area contributed by atoms with Crippen LogP contribution in [-0.4, -0.2) is 9.13 Å². The summed E-state index contributed by atoms with van der Waals surface area (Å²) in [7, 11) is 0. The summed E-state index contributed by atoms with van der Waals surface area (Å²) < 4.78 is 4.95. The van der Waals surface area contributed by atoms with Crippen molar-refractivity contribution in [3.8, 4) is 78.1 Å². The molecule has 109 heavy (non-hydrogen) atoms. The quantitative estimate of drug-likeness (QED) is 0.114. The second kappa shape index (κ2) is 25.2. The van der Waals surface area contributed by atoms with Gasteiger partial charge in [-0.05, 0) is 187 Å². The number of anilines is 6. The van der Waals surface area contributed by atoms with Crippen LogP contribution in [0.15, 0.2) is 394 Å². The van der Waals surface area contributed by atoms with E-state index >= 15 is 0 Å². The third kappa shape index (κ3) is 9.98. The smallest absolute Gasteiger partial charge is 0.0561 e. The minimum atomic E-state index is -0.570. The van der Waals surface area contributed by atoms with Crippen molar-refractivity contribution in [2.24, 2.45) is 0 Å². The van der Waals surface area contributed by atoms with E-state index in [4.69, 9.17) is 0 Å². The molecule has 1 unspecified atom stereocenters. The van der Waals surface area contributed by atoms with Crippen molar-refractivity contribution >= 4 is 88.5 Å². The molecule has 4 nitrogen and oxygen atoms in total. The first kappa shape index (κ1) is 63.7. The Balaban J connectivity index is 0.745. The molecule has 21 rings (SSSR count). The van der Waals surface area contributed by atoms with Gasteiger partial charge in [-0.3, -0.25) is 0 Å². The lowest BCUT2D eigenvalue weighted by atomic mass is 9.74. The lowest BCUT2D eigenvalue weighted by Gasteiger charge is -2.30. The van der Waals surface area contributed by atoms with E-state index in [0.29, 0.717) is 0 Å². The highest BCUT2D eigenvalue weighted by molar-refractivity contribution is 6.13. The maximum atomic E-state index is 2.54. The van der Waals surface area contributed by atoms with Crippen LogP contribution in [0.1, 0.15) is 48.6 Å². The predicted octanol–water partition coefficient (Wildman–Crippen LogP) is 28.3. The highest BCUT2D eigenvalue weighted by Gasteiger charge is 2.43. The Hall–Kier alpha value is -13.8. The van der Waals surface area contributed by atoms with Gasteiger partial charge in [0.1, 0.15) is 0 Å². The van der Waals surface area contributed by atoms with Crippen LogP contribution >= 0.6 is 0 Å². The Morgan fingerprint density at radius 2 is 0.633 bits per heavy atom. The SMILES string of the molecule is CC1(C)c2ccccc2-c2c(-c3ccccc3N(c3ccc4c5ccc(C6(C)c7ccccc7-c7c(-c8ccccc8N(c8ccc9ccccc9c8)c8ccc9c%10ccccc%10n(-c%10ccccc%10)c9c8)cccc76)cc5n(-c5ccccc5)c4c3)c3ccccc3-c3ccc(-c4ccccc4)cc3)cccc21. The molecule has 0 saturated carbocycles. The minimum Gasteiger partial charge on any atom is -0.310 e. The Labute approximate surface area is 635 Å². The van der Waals surface area contributed by atoms with Gasteiger partial charge in [-0.15, -0.1) is 0 Å². The van der Waals surface area contributed by atoms with Crippen LogP contribution in [0.2, 0.25) is 0 Å². The number of nitrogens with zero attached hydrogens (tertiary/aromatic N) is 4. The Morgan fingerprint density at radius 1 is 0.229 bits per heavy atom. The van der Waals surface area contributed by atoms with Crippen LogP contribution in [0, 0.1) is 0 Å². The van der Waals surface area contributed by atoms with Crippen molar-refractivity contribution in [2.45, 2.75) is 31.6 Å². The maximum Gasteiger partial charge on any atom is 0.0561 e. The molecule has 0 radical (unpaired) electrons. The van der Waals surface area contributed by atoms with Gasteiger partial charge in [0.25, 0.3) is 0 Å². The summed E-state index contributed by atoms with van der Waals surface area (Å²) in [6.07, 6.45) is 0. The second-order valence-electron chi connectivity index (χ2n) is 30.0. The third-order valence-corrected chi connectivity index (χ3v) is 23.8. The third-order valence-electron chi connectivity index (χ3n) is 23.8. The highest BCUT2D eigenvalue weighted by atomic mass is 15.2. The van der Waals surface area contributed by atoms with E-state index < -0.39 is 5.41 Å². The molecule has 4 heteroatoms. The highest BCUT2D eigenvalue weighted by Crippen LogP contribution is 2.59. The van der Waals surface area contributed by atoms with Crippen LogP contribution in [0.25, 0.3) is 133 Å². The molecule has 17 aromatic carbocycles. The topological polar surface area (TPSA) is 16.3 Å². The minimum absolute atomic E-state index is 0.171. The van der Waals surface area contributed by atoms with Crippen molar-refractivity contribution in [3.63, 3.8) is 0 Å². The number of fused-ring (bicyclic) bond motifs is 13. The molecular formula is C105H74N4. The van der Waals surface area contributed by atoms with Gasteiger partial charge < -0.3 is 18.9 Å². The molecular weight excluding hydrogens is 1320 g/mol. The first-order valence-corrected chi connectivity index (χ1v) is 38.0. The van der Waals surface area contributed by atoms with Crippen molar-refractivity contribution in [3.05, 3.63) is 422 Å². The molecule has 1 atom stereocenters. The summed E-state index contributed by atoms with van der Waals surface area (Å²) >= 11 is 0. The van der Waals surface area contributed by atoms with Crippen LogP contribution in [0.4, 0.5) is 34.1 Å². The van der Waals surface area contributed by atoms with E-state index in [9.17, 15) is 0 Å². The first-order valence-electron chi connectivity index (χ1n) is 38.0. The molecule has 2 heterocycles. The van der Waals surface area contributed by atoms with E-state index in [1.165, 1.54) is 110 Å². The van der Waals surface area contributed by atoms with Crippen LogP contribution in [0.5, 0.6) is 0 Å². The number of para-hydroxylation sites is 6. The normalized spacial score (nSPS) is 13.9. The molecule has 2 aromatic heterocycles. The van der Waals surface area contributed by atoms with Crippen LogP contribution < -0.4 is 9.80 Å². The summed E-state index contributed by atoms with van der Waals surface area (Å²) in [5.74, 6) is 0. The number of hydrogen-bond acceptors (Lipinski definition) is 2. The molecule has 0 N–H and O–H groups in total. The maximum absolute atomic E-state index is 2.54. The standard InChI is InChI=1S/C105H74N4/c1-104(2)91-45-21-15-41-89(91)102-87(43-27-47-93(102)104)83-40-20-26-52-98(83)109(95-49-23-17-37-80(95)72-55-53-71(54-56-72)69-29-7-4-8-30-69)79-61-64-86-84-62-58-74(66-99(84)108(101(86)68-79)76-35-11-6-12-36-76)105(3)92-46-22-16-42-90(92)103-88(44-28-48-94(103)105)82-39-19-24-50-96(82)106(77-59-57-70-31-13-14-32-73(70)65-77)78-60-63-85-81-38-18-25-51-97(81)107(100(85)67-78)75-33-9-5-10-34-75/h4-68H,1-3H3. The summed E-state index contributed by atoms with van der Waals surface area (Å²) in [6.45, 7) is 7.22. The lowest BCUT2D eigenvalue weighted by Crippen LogP contribution is -2.22. The Morgan fingerprint density at radius 3 is 1.28 bits per heavy atom. The zero-order valence-electron chi connectivity index (χ0n) is 60.8. The number of rotatable bonds is 13. The summed E-state index contributed by atoms with van der Waals surface area (Å²) in [4.78, 5) is 5.03. The molecule has 0 spiro atoms. The van der Waals surface area contributed by atoms with Gasteiger partial charge in [0.15, 0.2) is 0 Å². The fourth-order valence-electron chi connectivity index (χ4n) is 18.7. The molecule has 19 aromatic rings. The van der Waals surface area contributed by atoms with Crippen LogP contribution in [-0.2, 0) is 10.8 Å². The molecule has 514 valence electrons. The van der Waals surface area contributed by atoms with E-state index in [2.05, 4.69) is 434 Å². The summed E-state index contributed by atoms with van der Waals surface area (Å²) in [5, 5.41) is 7.19. The van der Waals surface area contributed by atoms with Gasteiger partial charge in [0.2, 0.25) is 0 Å². The van der Waals surface area contributed by atoms with Crippen molar-refractivity contribution in [1.29, 1.82) is 0 Å². The van der Waals surface area contributed by atoms with E-state index in [0.717, 1.165) is 84.3 Å². The average molecular weight is 1390 g/mol. The van der Waals surface area contributed by atoms with Crippen molar-refractivity contribution in [1.82, 2.24) is 9.13 Å². The molecule has 2 aliphatic rings. The van der Waals surface area contributed by atoms with Gasteiger partial charge in [-0.25, -0.2) is 0 Å². The van der Waals surface area contributed by atoms with E-state index in [1.807, 2.05) is 0 Å². The van der Waals surface area contributed by atoms with Gasteiger partial charge in [-0.2, -0.15) is 0 Å². The zero-order chi connectivity index (χ0) is 72.5. The predicted molar refractivity (Wildman–Crippen MR) is 459 cm³/mol. The van der Waals surface area contributed by atoms with Crippen LogP contribution in [0.3, 0.4) is 0 Å². The second-order valence-corrected chi connectivity index (χ2v) is 30.0. The van der Waals surface area contributed by atoms with E-state index in [-0.39, 0.29) is 5.41 Å². The fourth-order valence-corrected chi connectivity index (χ4v) is 18.7. The number of aromatic nitrogens is 2. The zero-order valence-corrected chi connectivity index (χ0v) is 60.8. The Kier molecular flexibility index (Phi) is 14.7. The van der Waals surface area contributed by atoms with Gasteiger partial charge in [0, 0.05) is 77.5 Å². The summed E-state index contributed by atoms with van der Waals surface area (Å²) in [5.41, 5.74) is 33.5. The fraction of sp³-hybridized carbons (Fsp3) is 0.0476. The molecule has 0 bridgehead atoms. The van der Waals surface area contributed by atoms with Gasteiger partial charge in [0.05, 0.1) is 39.1 Å². The molecule has 0 aliphatic heterocycles. The van der Waals surface area contributed by atoms with Crippen molar-refractivity contribution < 1.29 is 0 Å². The van der Waals surface area contributed by atoms with Gasteiger partial charge in [-0.1, -0.05) is 317 Å². The monoisotopic (exact) mass is 1390 g/mol. The number of hydrogen-bond donors (Lipinski definition) is 0. The molecule has 0 fully saturated rings. The molecule has 0 amide bonds. The molecule has 0 saturated heterocycles. The lowest BCUT2D eigenvalue weighted by molar-refractivity contribution is 0.660. The van der Waals surface area contributed by atoms with Crippen molar-refractivity contribution in [2.75, 3.05) is 9.80 Å². The molecule has 2 aliphatic carbocycles. The Bertz CT molecular complexity index is 6840. The first-order chi connectivity index (χ1) is 53.7. The van der Waals surface area contributed by atoms with E-state index in [1.54, 1.807) is 0 Å². The summed E-state index contributed by atoms with van der Waals surface area (Å²) in [6, 6.07) is 147. The number of benzene rings is 17. The largest absolute Gasteiger partial charge is 0.310 e. The van der Waals surface area contributed by atoms with Gasteiger partial charge >= 0.3 is 0 Å². The average Bonchev–Trinajstić information content (AvgIpc) is 1.55.